The van der Waals surface area contributed by atoms with Crippen LogP contribution < -0.4 is 5.56 Å². The number of aryl methyl sites for hydroxylation is 2. The molecule has 0 saturated carbocycles. The topological polar surface area (TPSA) is 75.3 Å². The molecule has 0 aromatic carbocycles. The SMILES string of the molecule is Cc1nc(C)c(CC(=O)N2CCO[C@@H](C(F)(F)F)C2)c(=O)[nH]1. The lowest BCUT2D eigenvalue weighted by Gasteiger charge is -2.33. The van der Waals surface area contributed by atoms with Gasteiger partial charge in [-0.25, -0.2) is 4.98 Å². The Morgan fingerprint density at radius 1 is 1.45 bits per heavy atom. The molecule has 2 heterocycles. The van der Waals surface area contributed by atoms with E-state index in [1.54, 1.807) is 13.8 Å². The van der Waals surface area contributed by atoms with Crippen molar-refractivity contribution in [2.45, 2.75) is 32.5 Å². The molecule has 0 unspecified atom stereocenters. The molecule has 1 aromatic rings. The molecule has 0 spiro atoms. The van der Waals surface area contributed by atoms with Crippen molar-refractivity contribution < 1.29 is 22.7 Å². The molecular weight excluding hydrogens is 303 g/mol. The summed E-state index contributed by atoms with van der Waals surface area (Å²) in [7, 11) is 0. The van der Waals surface area contributed by atoms with Crippen LogP contribution in [-0.4, -0.2) is 52.8 Å². The maximum atomic E-state index is 12.6. The van der Waals surface area contributed by atoms with Gasteiger partial charge in [-0.05, 0) is 13.8 Å². The minimum atomic E-state index is -4.52. The van der Waals surface area contributed by atoms with E-state index >= 15 is 0 Å². The third-order valence-corrected chi connectivity index (χ3v) is 3.45. The molecule has 1 fully saturated rings. The van der Waals surface area contributed by atoms with Crippen molar-refractivity contribution >= 4 is 5.91 Å². The van der Waals surface area contributed by atoms with Gasteiger partial charge in [-0.2, -0.15) is 13.2 Å². The average Bonchev–Trinajstić information content (AvgIpc) is 2.41. The van der Waals surface area contributed by atoms with E-state index in [4.69, 9.17) is 0 Å². The highest BCUT2D eigenvalue weighted by Crippen LogP contribution is 2.25. The monoisotopic (exact) mass is 319 g/mol. The highest BCUT2D eigenvalue weighted by atomic mass is 19.4. The lowest BCUT2D eigenvalue weighted by Crippen LogP contribution is -2.51. The number of aromatic nitrogens is 2. The summed E-state index contributed by atoms with van der Waals surface area (Å²) < 4.78 is 42.6. The van der Waals surface area contributed by atoms with Gasteiger partial charge < -0.3 is 14.6 Å². The zero-order valence-corrected chi connectivity index (χ0v) is 12.2. The number of carbonyl (C=O) groups is 1. The summed E-state index contributed by atoms with van der Waals surface area (Å²) in [5.74, 6) is -0.126. The van der Waals surface area contributed by atoms with Crippen molar-refractivity contribution in [1.82, 2.24) is 14.9 Å². The van der Waals surface area contributed by atoms with Crippen LogP contribution in [0.2, 0.25) is 0 Å². The van der Waals surface area contributed by atoms with E-state index in [-0.39, 0.29) is 25.1 Å². The average molecular weight is 319 g/mol. The van der Waals surface area contributed by atoms with E-state index in [0.29, 0.717) is 11.5 Å². The first-order chi connectivity index (χ1) is 10.2. The van der Waals surface area contributed by atoms with Crippen LogP contribution in [0.15, 0.2) is 4.79 Å². The second kappa shape index (κ2) is 6.07. The molecule has 1 saturated heterocycles. The largest absolute Gasteiger partial charge is 0.416 e. The fourth-order valence-corrected chi connectivity index (χ4v) is 2.30. The van der Waals surface area contributed by atoms with Crippen molar-refractivity contribution in [3.63, 3.8) is 0 Å². The van der Waals surface area contributed by atoms with Crippen molar-refractivity contribution in [3.05, 3.63) is 27.4 Å². The number of rotatable bonds is 2. The molecule has 22 heavy (non-hydrogen) atoms. The second-order valence-electron chi connectivity index (χ2n) is 5.13. The minimum absolute atomic E-state index is 0.0711. The number of H-pyrrole nitrogens is 1. The predicted molar refractivity (Wildman–Crippen MR) is 70.4 cm³/mol. The quantitative estimate of drug-likeness (QED) is 0.871. The Labute approximate surface area is 124 Å². The molecule has 9 heteroatoms. The van der Waals surface area contributed by atoms with Gasteiger partial charge in [0.15, 0.2) is 6.10 Å². The number of hydrogen-bond acceptors (Lipinski definition) is 4. The summed E-state index contributed by atoms with van der Waals surface area (Å²) in [5.41, 5.74) is 0.125. The first kappa shape index (κ1) is 16.5. The number of amides is 1. The van der Waals surface area contributed by atoms with Gasteiger partial charge in [0.2, 0.25) is 5.91 Å². The van der Waals surface area contributed by atoms with E-state index in [0.717, 1.165) is 4.90 Å². The molecule has 0 radical (unpaired) electrons. The smallest absolute Gasteiger partial charge is 0.365 e. The van der Waals surface area contributed by atoms with Gasteiger partial charge in [0, 0.05) is 17.8 Å². The van der Waals surface area contributed by atoms with Gasteiger partial charge in [-0.1, -0.05) is 0 Å². The van der Waals surface area contributed by atoms with Crippen LogP contribution in [0.1, 0.15) is 17.1 Å². The van der Waals surface area contributed by atoms with Crippen LogP contribution in [0.5, 0.6) is 0 Å². The van der Waals surface area contributed by atoms with Crippen LogP contribution >= 0.6 is 0 Å². The number of alkyl halides is 3. The van der Waals surface area contributed by atoms with Crippen molar-refractivity contribution in [2.75, 3.05) is 19.7 Å². The van der Waals surface area contributed by atoms with Crippen molar-refractivity contribution in [3.8, 4) is 0 Å². The highest BCUT2D eigenvalue weighted by Gasteiger charge is 2.44. The number of hydrogen-bond donors (Lipinski definition) is 1. The Morgan fingerprint density at radius 2 is 2.14 bits per heavy atom. The summed E-state index contributed by atoms with van der Waals surface area (Å²) in [6.45, 7) is 2.52. The van der Waals surface area contributed by atoms with E-state index in [1.165, 1.54) is 0 Å². The van der Waals surface area contributed by atoms with E-state index in [1.807, 2.05) is 0 Å². The van der Waals surface area contributed by atoms with Crippen LogP contribution in [-0.2, 0) is 16.0 Å². The molecular formula is C13H16F3N3O3. The molecule has 0 aliphatic carbocycles. The van der Waals surface area contributed by atoms with Gasteiger partial charge >= 0.3 is 6.18 Å². The van der Waals surface area contributed by atoms with E-state index < -0.39 is 30.3 Å². The fourth-order valence-electron chi connectivity index (χ4n) is 2.30. The number of nitrogens with zero attached hydrogens (tertiary/aromatic N) is 2. The maximum Gasteiger partial charge on any atom is 0.416 e. The fraction of sp³-hybridized carbons (Fsp3) is 0.615. The van der Waals surface area contributed by atoms with Gasteiger partial charge in [0.1, 0.15) is 5.82 Å². The Bertz CT molecular complexity index is 627. The van der Waals surface area contributed by atoms with E-state index in [2.05, 4.69) is 14.7 Å². The third kappa shape index (κ3) is 3.65. The van der Waals surface area contributed by atoms with Crippen molar-refractivity contribution in [2.24, 2.45) is 0 Å². The molecule has 1 atom stereocenters. The summed E-state index contributed by atoms with van der Waals surface area (Å²) >= 11 is 0. The Balaban J connectivity index is 2.11. The lowest BCUT2D eigenvalue weighted by molar-refractivity contribution is -0.236. The minimum Gasteiger partial charge on any atom is -0.365 e. The van der Waals surface area contributed by atoms with Crippen LogP contribution in [0.4, 0.5) is 13.2 Å². The molecule has 6 nitrogen and oxygen atoms in total. The summed E-state index contributed by atoms with van der Waals surface area (Å²) in [6, 6.07) is 0. The zero-order valence-electron chi connectivity index (χ0n) is 12.2. The molecule has 122 valence electrons. The molecule has 0 bridgehead atoms. The first-order valence-corrected chi connectivity index (χ1v) is 6.71. The second-order valence-corrected chi connectivity index (χ2v) is 5.13. The lowest BCUT2D eigenvalue weighted by atomic mass is 10.1. The Kier molecular flexibility index (Phi) is 4.55. The Hall–Kier alpha value is -1.90. The van der Waals surface area contributed by atoms with E-state index in [9.17, 15) is 22.8 Å². The molecule has 1 N–H and O–H groups in total. The van der Waals surface area contributed by atoms with Crippen LogP contribution in [0.25, 0.3) is 0 Å². The number of ether oxygens (including phenoxy) is 1. The van der Waals surface area contributed by atoms with Gasteiger partial charge in [0.25, 0.3) is 5.56 Å². The number of morpholine rings is 1. The summed E-state index contributed by atoms with van der Waals surface area (Å²) in [4.78, 5) is 31.6. The normalized spacial score (nSPS) is 19.3. The van der Waals surface area contributed by atoms with Crippen LogP contribution in [0, 0.1) is 13.8 Å². The standard InChI is InChI=1S/C13H16F3N3O3/c1-7-9(12(21)18-8(2)17-7)5-11(20)19-3-4-22-10(6-19)13(14,15)16/h10H,3-6H2,1-2H3,(H,17,18,21)/t10-/m1/s1. The molecule has 1 aromatic heterocycles. The third-order valence-electron chi connectivity index (χ3n) is 3.45. The number of aromatic amines is 1. The highest BCUT2D eigenvalue weighted by molar-refractivity contribution is 5.79. The zero-order chi connectivity index (χ0) is 16.5. The summed E-state index contributed by atoms with van der Waals surface area (Å²) in [6.07, 6.45) is -6.78. The first-order valence-electron chi connectivity index (χ1n) is 6.71. The number of halogens is 3. The molecule has 2 rings (SSSR count). The predicted octanol–water partition coefficient (Wildman–Crippen LogP) is 0.719. The van der Waals surface area contributed by atoms with Gasteiger partial charge in [-0.15, -0.1) is 0 Å². The molecule has 1 aliphatic heterocycles. The number of carbonyl (C=O) groups excluding carboxylic acids is 1. The summed E-state index contributed by atoms with van der Waals surface area (Å²) in [5, 5.41) is 0. The Morgan fingerprint density at radius 3 is 2.73 bits per heavy atom. The van der Waals surface area contributed by atoms with Crippen molar-refractivity contribution in [1.29, 1.82) is 0 Å². The number of nitrogens with one attached hydrogen (secondary N) is 1. The maximum absolute atomic E-state index is 12.6. The van der Waals surface area contributed by atoms with Gasteiger partial charge in [0.05, 0.1) is 19.6 Å². The molecule has 1 amide bonds. The molecule has 1 aliphatic rings. The van der Waals surface area contributed by atoms with Crippen LogP contribution in [0.3, 0.4) is 0 Å². The van der Waals surface area contributed by atoms with Gasteiger partial charge in [-0.3, -0.25) is 9.59 Å².